The van der Waals surface area contributed by atoms with E-state index in [9.17, 15) is 13.2 Å². The first-order valence-electron chi connectivity index (χ1n) is 12.6. The smallest absolute Gasteiger partial charge is 0.243 e. The van der Waals surface area contributed by atoms with E-state index in [0.29, 0.717) is 37.5 Å². The van der Waals surface area contributed by atoms with Gasteiger partial charge in [0.2, 0.25) is 10.0 Å². The summed E-state index contributed by atoms with van der Waals surface area (Å²) in [6.45, 7) is 9.60. The van der Waals surface area contributed by atoms with Crippen molar-refractivity contribution in [3.63, 3.8) is 0 Å². The summed E-state index contributed by atoms with van der Waals surface area (Å²) in [4.78, 5) is 14.0. The molecule has 36 heavy (non-hydrogen) atoms. The zero-order chi connectivity index (χ0) is 26.2. The highest BCUT2D eigenvalue weighted by molar-refractivity contribution is 7.89. The number of nitrogens with two attached hydrogens (primary N) is 1. The fraction of sp³-hybridized carbons (Fsp3) is 0.414. The quantitative estimate of drug-likeness (QED) is 0.357. The number of sulfonamides is 1. The molecule has 1 fully saturated rings. The number of ketones is 1. The number of rotatable bonds is 7. The molecule has 0 radical (unpaired) electrons. The Morgan fingerprint density at radius 2 is 1.56 bits per heavy atom. The third-order valence-electron chi connectivity index (χ3n) is 7.25. The van der Waals surface area contributed by atoms with Crippen LogP contribution in [0.1, 0.15) is 79.4 Å². The molecule has 1 aliphatic rings. The molecule has 0 amide bonds. The number of fused-ring (bicyclic) bond motifs is 1. The predicted octanol–water partition coefficient (Wildman–Crippen LogP) is 6.48. The van der Waals surface area contributed by atoms with E-state index in [0.717, 1.165) is 27.5 Å². The molecule has 4 rings (SSSR count). The summed E-state index contributed by atoms with van der Waals surface area (Å²) < 4.78 is 28.3. The summed E-state index contributed by atoms with van der Waals surface area (Å²) in [5.74, 6) is 0.370. The van der Waals surface area contributed by atoms with E-state index in [1.807, 2.05) is 24.3 Å². The third kappa shape index (κ3) is 5.10. The fourth-order valence-electron chi connectivity index (χ4n) is 5.46. The van der Waals surface area contributed by atoms with Gasteiger partial charge < -0.3 is 5.73 Å². The van der Waals surface area contributed by atoms with Crippen LogP contribution in [0.4, 0.5) is 0 Å². The number of benzene rings is 3. The van der Waals surface area contributed by atoms with Crippen LogP contribution in [0.25, 0.3) is 10.8 Å². The van der Waals surface area contributed by atoms with Gasteiger partial charge in [-0.1, -0.05) is 63.6 Å². The van der Waals surface area contributed by atoms with Gasteiger partial charge in [-0.2, -0.15) is 4.31 Å². The van der Waals surface area contributed by atoms with E-state index in [4.69, 9.17) is 17.3 Å². The average molecular weight is 527 g/mol. The highest BCUT2D eigenvalue weighted by Crippen LogP contribution is 2.35. The van der Waals surface area contributed by atoms with Gasteiger partial charge in [-0.3, -0.25) is 4.79 Å². The van der Waals surface area contributed by atoms with Gasteiger partial charge in [-0.05, 0) is 76.4 Å². The van der Waals surface area contributed by atoms with Crippen LogP contribution >= 0.6 is 11.6 Å². The van der Waals surface area contributed by atoms with Gasteiger partial charge in [-0.15, -0.1) is 0 Å². The topological polar surface area (TPSA) is 80.5 Å². The molecule has 0 spiro atoms. The molecule has 0 aliphatic carbocycles. The summed E-state index contributed by atoms with van der Waals surface area (Å²) in [7, 11) is -3.65. The molecule has 3 aromatic carbocycles. The number of Topliss-reactive ketones (excluding diaryl/α,β-unsaturated/α-hetero) is 1. The summed E-state index contributed by atoms with van der Waals surface area (Å²) in [5, 5.41) is 2.34. The largest absolute Gasteiger partial charge is 0.326 e. The van der Waals surface area contributed by atoms with E-state index in [1.54, 1.807) is 24.3 Å². The molecule has 0 saturated carbocycles. The number of hydrogen-bond donors (Lipinski definition) is 1. The minimum atomic E-state index is -3.65. The minimum absolute atomic E-state index is 0.115. The molecular weight excluding hydrogens is 492 g/mol. The lowest BCUT2D eigenvalue weighted by molar-refractivity contribution is 0.0873. The van der Waals surface area contributed by atoms with Crippen LogP contribution in [0.3, 0.4) is 0 Å². The van der Waals surface area contributed by atoms with E-state index in [1.165, 1.54) is 9.87 Å². The number of nitrogens with zero attached hydrogens (tertiary/aromatic N) is 1. The lowest BCUT2D eigenvalue weighted by Crippen LogP contribution is -2.40. The zero-order valence-electron chi connectivity index (χ0n) is 21.4. The molecular formula is C29H35ClN2O3S. The van der Waals surface area contributed by atoms with E-state index in [2.05, 4.69) is 27.7 Å². The van der Waals surface area contributed by atoms with Crippen LogP contribution in [0, 0.1) is 5.92 Å². The van der Waals surface area contributed by atoms with Crippen LogP contribution < -0.4 is 5.73 Å². The van der Waals surface area contributed by atoms with Crippen LogP contribution in [0.5, 0.6) is 0 Å². The van der Waals surface area contributed by atoms with Crippen LogP contribution in [0.2, 0.25) is 5.02 Å². The van der Waals surface area contributed by atoms with Crippen molar-refractivity contribution in [1.82, 2.24) is 4.31 Å². The van der Waals surface area contributed by atoms with Crippen molar-refractivity contribution in [2.45, 2.75) is 63.8 Å². The van der Waals surface area contributed by atoms with Crippen molar-refractivity contribution >= 4 is 38.2 Å². The lowest BCUT2D eigenvalue weighted by atomic mass is 9.79. The van der Waals surface area contributed by atoms with Gasteiger partial charge in [0.15, 0.2) is 5.78 Å². The van der Waals surface area contributed by atoms with E-state index in [-0.39, 0.29) is 28.4 Å². The predicted molar refractivity (Wildman–Crippen MR) is 147 cm³/mol. The summed E-state index contributed by atoms with van der Waals surface area (Å²) in [6, 6.07) is 14.4. The molecule has 0 aromatic heterocycles. The lowest BCUT2D eigenvalue weighted by Gasteiger charge is -2.31. The second-order valence-electron chi connectivity index (χ2n) is 10.3. The van der Waals surface area contributed by atoms with E-state index < -0.39 is 10.0 Å². The molecule has 0 unspecified atom stereocenters. The van der Waals surface area contributed by atoms with Gasteiger partial charge in [0.25, 0.3) is 0 Å². The summed E-state index contributed by atoms with van der Waals surface area (Å²) in [6.07, 6.45) is 1.02. The second kappa shape index (κ2) is 10.6. The molecule has 0 atom stereocenters. The van der Waals surface area contributed by atoms with Gasteiger partial charge in [0, 0.05) is 36.1 Å². The van der Waals surface area contributed by atoms with Crippen molar-refractivity contribution < 1.29 is 13.2 Å². The van der Waals surface area contributed by atoms with Crippen LogP contribution in [-0.2, 0) is 16.6 Å². The van der Waals surface area contributed by atoms with Gasteiger partial charge >= 0.3 is 0 Å². The normalized spacial score (nSPS) is 15.8. The molecule has 2 N–H and O–H groups in total. The van der Waals surface area contributed by atoms with Crippen molar-refractivity contribution in [2.24, 2.45) is 11.7 Å². The summed E-state index contributed by atoms with van der Waals surface area (Å²) >= 11 is 6.06. The van der Waals surface area contributed by atoms with Crippen molar-refractivity contribution in [3.8, 4) is 0 Å². The average Bonchev–Trinajstić information content (AvgIpc) is 2.86. The third-order valence-corrected chi connectivity index (χ3v) is 9.38. The number of piperidine rings is 1. The Kier molecular flexibility index (Phi) is 7.91. The molecule has 1 heterocycles. The Hall–Kier alpha value is -2.25. The van der Waals surface area contributed by atoms with Crippen molar-refractivity contribution in [2.75, 3.05) is 13.1 Å². The molecule has 192 valence electrons. The number of carbonyl (C=O) groups excluding carboxylic acids is 1. The molecule has 1 aliphatic heterocycles. The fourth-order valence-corrected chi connectivity index (χ4v) is 7.15. The molecule has 1 saturated heterocycles. The maximum absolute atomic E-state index is 13.7. The first-order chi connectivity index (χ1) is 17.0. The number of hydrogen-bond acceptors (Lipinski definition) is 4. The van der Waals surface area contributed by atoms with Crippen LogP contribution in [-0.4, -0.2) is 31.6 Å². The maximum atomic E-state index is 13.7. The first-order valence-corrected chi connectivity index (χ1v) is 14.5. The number of halogens is 1. The molecule has 3 aromatic rings. The second-order valence-corrected chi connectivity index (χ2v) is 12.7. The Morgan fingerprint density at radius 3 is 2.17 bits per heavy atom. The summed E-state index contributed by atoms with van der Waals surface area (Å²) in [5.41, 5.74) is 10.1. The number of carbonyl (C=O) groups is 1. The van der Waals surface area contributed by atoms with Crippen molar-refractivity contribution in [1.29, 1.82) is 0 Å². The molecule has 7 heteroatoms. The molecule has 5 nitrogen and oxygen atoms in total. The zero-order valence-corrected chi connectivity index (χ0v) is 23.0. The highest BCUT2D eigenvalue weighted by Gasteiger charge is 2.34. The standard InChI is InChI=1S/C29H35ClN2O3S/c1-18(2)27-23(17-31)7-10-26(28(27)19(3)4)29(33)20-11-13-32(14-12-20)36(34,35)25-9-6-21-15-24(30)8-5-22(21)16-25/h5-10,15-16,18-20H,11-14,17,31H2,1-4H3. The van der Waals surface area contributed by atoms with E-state index >= 15 is 0 Å². The Bertz CT molecular complexity index is 1390. The highest BCUT2D eigenvalue weighted by atomic mass is 35.5. The Morgan fingerprint density at radius 1 is 0.944 bits per heavy atom. The van der Waals surface area contributed by atoms with Crippen LogP contribution in [0.15, 0.2) is 53.4 Å². The van der Waals surface area contributed by atoms with Crippen molar-refractivity contribution in [3.05, 3.63) is 75.8 Å². The minimum Gasteiger partial charge on any atom is -0.326 e. The van der Waals surface area contributed by atoms with Gasteiger partial charge in [-0.25, -0.2) is 8.42 Å². The monoisotopic (exact) mass is 526 g/mol. The SMILES string of the molecule is CC(C)c1c(CN)ccc(C(=O)C2CCN(S(=O)(=O)c3ccc4cc(Cl)ccc4c3)CC2)c1C(C)C. The Balaban J connectivity index is 1.55. The molecule has 0 bridgehead atoms. The first kappa shape index (κ1) is 26.8. The maximum Gasteiger partial charge on any atom is 0.243 e. The Labute approximate surface area is 219 Å². The van der Waals surface area contributed by atoms with Gasteiger partial charge in [0.05, 0.1) is 4.90 Å². The van der Waals surface area contributed by atoms with Gasteiger partial charge in [0.1, 0.15) is 0 Å².